The van der Waals surface area contributed by atoms with Crippen molar-refractivity contribution in [1.82, 2.24) is 9.55 Å². The highest BCUT2D eigenvalue weighted by Gasteiger charge is 2.11. The van der Waals surface area contributed by atoms with E-state index in [-0.39, 0.29) is 11.5 Å². The number of rotatable bonds is 5. The first kappa shape index (κ1) is 21.9. The van der Waals surface area contributed by atoms with Gasteiger partial charge in [0, 0.05) is 29.7 Å². The molecule has 10 heteroatoms. The lowest BCUT2D eigenvalue weighted by molar-refractivity contribution is 0.484. The lowest BCUT2D eigenvalue weighted by Crippen LogP contribution is -2.14. The fourth-order valence-corrected chi connectivity index (χ4v) is 3.07. The van der Waals surface area contributed by atoms with Gasteiger partial charge in [-0.3, -0.25) is 14.3 Å². The first-order valence-electron chi connectivity index (χ1n) is 8.52. The maximum Gasteiger partial charge on any atom is 0.264 e. The minimum absolute atomic E-state index is 0.0330. The molecule has 0 atom stereocenters. The van der Waals surface area contributed by atoms with Gasteiger partial charge in [0.05, 0.1) is 29.1 Å². The number of benzene rings is 1. The summed E-state index contributed by atoms with van der Waals surface area (Å²) in [5.74, 6) is -0.168. The van der Waals surface area contributed by atoms with Gasteiger partial charge in [0.2, 0.25) is 10.0 Å². The summed E-state index contributed by atoms with van der Waals surface area (Å²) in [6.07, 6.45) is 3.25. The molecule has 0 fully saturated rings. The van der Waals surface area contributed by atoms with Gasteiger partial charge < -0.3 is 4.57 Å². The number of anilines is 1. The number of hydrogen-bond donors (Lipinski definition) is 2. The van der Waals surface area contributed by atoms with Crippen LogP contribution in [0.25, 0.3) is 22.2 Å². The third kappa shape index (κ3) is 5.78. The van der Waals surface area contributed by atoms with Crippen LogP contribution in [0.2, 0.25) is 0 Å². The molecule has 2 N–H and O–H groups in total. The summed E-state index contributed by atoms with van der Waals surface area (Å²) in [6, 6.07) is 12.0. The van der Waals surface area contributed by atoms with Gasteiger partial charge in [-0.05, 0) is 32.0 Å². The molecule has 0 bridgehead atoms. The quantitative estimate of drug-likeness (QED) is 0.607. The number of nitrogens with one attached hydrogen (secondary N) is 1. The normalized spacial score (nSPS) is 11.7. The smallest absolute Gasteiger partial charge is 0.264 e. The van der Waals surface area contributed by atoms with Gasteiger partial charge in [-0.25, -0.2) is 8.42 Å². The third-order valence-corrected chi connectivity index (χ3v) is 6.04. The van der Waals surface area contributed by atoms with Gasteiger partial charge in [0.15, 0.2) is 0 Å². The van der Waals surface area contributed by atoms with E-state index in [0.29, 0.717) is 5.69 Å². The lowest BCUT2D eigenvalue weighted by Gasteiger charge is -2.08. The molecule has 0 spiro atoms. The zero-order valence-corrected chi connectivity index (χ0v) is 17.5. The first-order chi connectivity index (χ1) is 13.1. The maximum atomic E-state index is 11.7. The highest BCUT2D eigenvalue weighted by atomic mass is 32.2. The van der Waals surface area contributed by atoms with E-state index in [4.69, 9.17) is 4.55 Å². The van der Waals surface area contributed by atoms with Crippen LogP contribution < -0.4 is 4.72 Å². The summed E-state index contributed by atoms with van der Waals surface area (Å²) in [4.78, 5) is 4.15. The Hall–Kier alpha value is -2.43. The van der Waals surface area contributed by atoms with E-state index in [1.54, 1.807) is 19.2 Å². The number of sulfonamides is 1. The highest BCUT2D eigenvalue weighted by Crippen LogP contribution is 2.28. The predicted octanol–water partition coefficient (Wildman–Crippen LogP) is 2.90. The van der Waals surface area contributed by atoms with Crippen LogP contribution in [0.15, 0.2) is 48.8 Å². The number of pyridine rings is 1. The molecule has 0 saturated carbocycles. The van der Waals surface area contributed by atoms with Crippen molar-refractivity contribution in [3.05, 3.63) is 48.8 Å². The Labute approximate surface area is 165 Å². The van der Waals surface area contributed by atoms with E-state index in [2.05, 4.69) is 32.5 Å². The van der Waals surface area contributed by atoms with Crippen molar-refractivity contribution in [2.45, 2.75) is 13.8 Å². The number of fused-ring (bicyclic) bond motifs is 1. The molecule has 0 radical (unpaired) electrons. The average Bonchev–Trinajstić information content (AvgIpc) is 2.99. The first-order valence-corrected chi connectivity index (χ1v) is 11.8. The summed E-state index contributed by atoms with van der Waals surface area (Å²) < 4.78 is 54.9. The molecule has 0 aliphatic heterocycles. The summed E-state index contributed by atoms with van der Waals surface area (Å²) in [6.45, 7) is 2.97. The average molecular weight is 426 g/mol. The van der Waals surface area contributed by atoms with Gasteiger partial charge in [-0.1, -0.05) is 18.2 Å². The Morgan fingerprint density at radius 2 is 1.68 bits per heavy atom. The third-order valence-electron chi connectivity index (χ3n) is 4.00. The topological polar surface area (TPSA) is 118 Å². The standard InChI is InChI=1S/C16H17N3O2S.C2H6O3S/c1-3-22(20,21)18-14-8-13(10-17-11-14)16-9-12-6-4-5-7-15(12)19(16)2;1-2-6(3,4)5/h4-11,18H,3H2,1-2H3;2H2,1H3,(H,3,4,5). The van der Waals surface area contributed by atoms with Crippen molar-refractivity contribution in [1.29, 1.82) is 0 Å². The molecular formula is C18H23N3O5S2. The predicted molar refractivity (Wildman–Crippen MR) is 111 cm³/mol. The second-order valence-corrected chi connectivity index (χ2v) is 9.74. The van der Waals surface area contributed by atoms with E-state index < -0.39 is 20.1 Å². The molecule has 8 nitrogen and oxygen atoms in total. The Balaban J connectivity index is 0.000000409. The second-order valence-electron chi connectivity index (χ2n) is 5.99. The number of aryl methyl sites for hydroxylation is 1. The Kier molecular flexibility index (Phi) is 6.81. The SMILES string of the molecule is CCS(=O)(=O)Nc1cncc(-c2cc3ccccc3n2C)c1.CCS(=O)(=O)O. The molecule has 0 saturated heterocycles. The second kappa shape index (κ2) is 8.72. The van der Waals surface area contributed by atoms with Crippen molar-refractivity contribution in [3.63, 3.8) is 0 Å². The highest BCUT2D eigenvalue weighted by molar-refractivity contribution is 7.92. The number of aromatic nitrogens is 2. The van der Waals surface area contributed by atoms with Crippen molar-refractivity contribution in [3.8, 4) is 11.3 Å². The number of hydrogen-bond acceptors (Lipinski definition) is 5. The van der Waals surface area contributed by atoms with Crippen LogP contribution in [0.3, 0.4) is 0 Å². The van der Waals surface area contributed by atoms with Gasteiger partial charge >= 0.3 is 0 Å². The van der Waals surface area contributed by atoms with Crippen LogP contribution >= 0.6 is 0 Å². The van der Waals surface area contributed by atoms with E-state index >= 15 is 0 Å². The van der Waals surface area contributed by atoms with E-state index in [1.165, 1.54) is 13.1 Å². The van der Waals surface area contributed by atoms with Gasteiger partial charge in [-0.2, -0.15) is 8.42 Å². The maximum absolute atomic E-state index is 11.7. The Morgan fingerprint density at radius 1 is 1.04 bits per heavy atom. The molecule has 2 heterocycles. The van der Waals surface area contributed by atoms with Crippen LogP contribution in [0, 0.1) is 0 Å². The Morgan fingerprint density at radius 3 is 2.25 bits per heavy atom. The van der Waals surface area contributed by atoms with Crippen LogP contribution in [0.5, 0.6) is 0 Å². The fraction of sp³-hybridized carbons (Fsp3) is 0.278. The van der Waals surface area contributed by atoms with E-state index in [1.807, 2.05) is 19.2 Å². The van der Waals surface area contributed by atoms with Crippen molar-refractivity contribution >= 4 is 36.7 Å². The molecular weight excluding hydrogens is 402 g/mol. The zero-order valence-electron chi connectivity index (χ0n) is 15.8. The van der Waals surface area contributed by atoms with Gasteiger partial charge in [0.25, 0.3) is 10.1 Å². The number of nitrogens with zero attached hydrogens (tertiary/aromatic N) is 2. The summed E-state index contributed by atoms with van der Waals surface area (Å²) in [5, 5.41) is 1.14. The van der Waals surface area contributed by atoms with Crippen LogP contribution in [-0.4, -0.2) is 42.4 Å². The van der Waals surface area contributed by atoms with Crippen LogP contribution in [-0.2, 0) is 27.2 Å². The molecule has 1 aromatic carbocycles. The molecule has 0 aliphatic carbocycles. The molecule has 3 aromatic rings. The molecule has 28 heavy (non-hydrogen) atoms. The summed E-state index contributed by atoms with van der Waals surface area (Å²) in [7, 11) is -4.98. The molecule has 0 amide bonds. The van der Waals surface area contributed by atoms with E-state index in [9.17, 15) is 16.8 Å². The largest absolute Gasteiger partial charge is 0.344 e. The molecule has 3 rings (SSSR count). The minimum atomic E-state index is -3.66. The lowest BCUT2D eigenvalue weighted by atomic mass is 10.2. The van der Waals surface area contributed by atoms with E-state index in [0.717, 1.165) is 22.2 Å². The zero-order chi connectivity index (χ0) is 20.9. The van der Waals surface area contributed by atoms with Crippen molar-refractivity contribution in [2.24, 2.45) is 7.05 Å². The van der Waals surface area contributed by atoms with Gasteiger partial charge in [0.1, 0.15) is 0 Å². The van der Waals surface area contributed by atoms with Gasteiger partial charge in [-0.15, -0.1) is 0 Å². The summed E-state index contributed by atoms with van der Waals surface area (Å²) >= 11 is 0. The molecule has 0 unspecified atom stereocenters. The minimum Gasteiger partial charge on any atom is -0.344 e. The monoisotopic (exact) mass is 425 g/mol. The molecule has 2 aromatic heterocycles. The van der Waals surface area contributed by atoms with Crippen LogP contribution in [0.4, 0.5) is 5.69 Å². The summed E-state index contributed by atoms with van der Waals surface area (Å²) in [5.41, 5.74) is 3.46. The number of para-hydroxylation sites is 1. The van der Waals surface area contributed by atoms with Crippen molar-refractivity contribution < 1.29 is 21.4 Å². The fourth-order valence-electron chi connectivity index (χ4n) is 2.45. The molecule has 152 valence electrons. The van der Waals surface area contributed by atoms with Crippen molar-refractivity contribution in [2.75, 3.05) is 16.2 Å². The van der Waals surface area contributed by atoms with Crippen LogP contribution in [0.1, 0.15) is 13.8 Å². The molecule has 0 aliphatic rings. The Bertz CT molecular complexity index is 1170.